The number of nitrogens with zero attached hydrogens (tertiary/aromatic N) is 4. The van der Waals surface area contributed by atoms with Crippen LogP contribution < -0.4 is 26.4 Å². The van der Waals surface area contributed by atoms with Crippen molar-refractivity contribution in [2.45, 2.75) is 45.4 Å². The van der Waals surface area contributed by atoms with Gasteiger partial charge in [0.25, 0.3) is 21.9 Å². The molecule has 6 N–H and O–H groups in total. The number of carbonyl (C=O) groups is 4. The Hall–Kier alpha value is -5.19. The number of amides is 4. The van der Waals surface area contributed by atoms with Crippen molar-refractivity contribution in [3.05, 3.63) is 53.7 Å². The van der Waals surface area contributed by atoms with E-state index in [0.29, 0.717) is 50.3 Å². The predicted octanol–water partition coefficient (Wildman–Crippen LogP) is 0.653. The molecule has 3 aromatic rings. The van der Waals surface area contributed by atoms with E-state index >= 15 is 0 Å². The topological polar surface area (TPSA) is 265 Å². The summed E-state index contributed by atoms with van der Waals surface area (Å²) >= 11 is 0. The largest absolute Gasteiger partial charge is 0.496 e. The summed E-state index contributed by atoms with van der Waals surface area (Å²) in [6, 6.07) is 6.22. The van der Waals surface area contributed by atoms with Gasteiger partial charge in [0, 0.05) is 37.0 Å². The van der Waals surface area contributed by atoms with Crippen molar-refractivity contribution < 1.29 is 55.8 Å². The van der Waals surface area contributed by atoms with Crippen LogP contribution in [-0.4, -0.2) is 141 Å². The third-order valence-electron chi connectivity index (χ3n) is 8.55. The van der Waals surface area contributed by atoms with Gasteiger partial charge in [0.1, 0.15) is 29.6 Å². The number of rotatable bonds is 28. The van der Waals surface area contributed by atoms with Crippen LogP contribution in [0.3, 0.4) is 0 Å². The number of fused-ring (bicyclic) bond motifs is 1. The normalized spacial score (nSPS) is 13.3. The first-order chi connectivity index (χ1) is 27.9. The number of hydrogen-bond donors (Lipinski definition) is 5. The lowest BCUT2D eigenvalue weighted by molar-refractivity contribution is -0.141. The van der Waals surface area contributed by atoms with Crippen molar-refractivity contribution in [1.29, 1.82) is 0 Å². The van der Waals surface area contributed by atoms with E-state index < -0.39 is 52.1 Å². The van der Waals surface area contributed by atoms with Gasteiger partial charge in [0.05, 0.1) is 72.0 Å². The third-order valence-corrected chi connectivity index (χ3v) is 9.31. The zero-order chi connectivity index (χ0) is 41.9. The minimum Gasteiger partial charge on any atom is -0.496 e. The first-order valence-corrected chi connectivity index (χ1v) is 20.4. The molecular weight excluding hydrogens is 781 g/mol. The molecule has 0 radical (unpaired) electrons. The van der Waals surface area contributed by atoms with E-state index in [2.05, 4.69) is 37.4 Å². The molecule has 0 saturated heterocycles. The van der Waals surface area contributed by atoms with Gasteiger partial charge in [-0.25, -0.2) is 4.98 Å². The second-order valence-electron chi connectivity index (χ2n) is 13.0. The highest BCUT2D eigenvalue weighted by Gasteiger charge is 2.30. The van der Waals surface area contributed by atoms with Crippen molar-refractivity contribution in [2.24, 2.45) is 0 Å². The van der Waals surface area contributed by atoms with Crippen LogP contribution in [-0.2, 0) is 61.4 Å². The molecule has 1 aliphatic rings. The van der Waals surface area contributed by atoms with Crippen LogP contribution in [0.15, 0.2) is 42.6 Å². The summed E-state index contributed by atoms with van der Waals surface area (Å²) in [5.41, 5.74) is 9.55. The Kier molecular flexibility index (Phi) is 18.3. The average Bonchev–Trinajstić information content (AvgIpc) is 3.73. The van der Waals surface area contributed by atoms with Crippen LogP contribution in [0.4, 0.5) is 11.8 Å². The van der Waals surface area contributed by atoms with Crippen LogP contribution in [0.5, 0.6) is 5.75 Å². The number of nitrogen functional groups attached to an aromatic ring is 1. The number of methoxy groups -OCH3 is 1. The Labute approximate surface area is 336 Å². The molecule has 0 saturated carbocycles. The summed E-state index contributed by atoms with van der Waals surface area (Å²) in [6.07, 6.45) is 7.20. The second kappa shape index (κ2) is 23.3. The second-order valence-corrected chi connectivity index (χ2v) is 14.5. The highest BCUT2D eigenvalue weighted by atomic mass is 32.2. The maximum atomic E-state index is 12.5. The van der Waals surface area contributed by atoms with Crippen LogP contribution >= 0.6 is 0 Å². The van der Waals surface area contributed by atoms with Gasteiger partial charge in [-0.2, -0.15) is 13.4 Å². The SMILES string of the molecule is CCCCCNc1nc(N)nc2ccn(Cc3ccc(COCCOCCOCCOCCNC(=O)[C@H](CS(=O)(=O)O)NC(=O)CN4C(=O)C=CC4=O)cc3OC)c12. The van der Waals surface area contributed by atoms with Gasteiger partial charge in [-0.05, 0) is 24.1 Å². The molecule has 318 valence electrons. The molecule has 4 rings (SSSR count). The lowest BCUT2D eigenvalue weighted by Gasteiger charge is -2.19. The fourth-order valence-corrected chi connectivity index (χ4v) is 6.39. The number of nitrogens with two attached hydrogens (primary N) is 1. The Morgan fingerprint density at radius 2 is 1.59 bits per heavy atom. The highest BCUT2D eigenvalue weighted by Crippen LogP contribution is 2.27. The van der Waals surface area contributed by atoms with E-state index in [1.54, 1.807) is 7.11 Å². The summed E-state index contributed by atoms with van der Waals surface area (Å²) in [6.45, 7) is 4.97. The smallest absolute Gasteiger partial charge is 0.267 e. The van der Waals surface area contributed by atoms with Gasteiger partial charge in [0.2, 0.25) is 17.8 Å². The van der Waals surface area contributed by atoms with E-state index in [9.17, 15) is 32.1 Å². The van der Waals surface area contributed by atoms with Gasteiger partial charge in [-0.3, -0.25) is 28.6 Å². The van der Waals surface area contributed by atoms with Crippen molar-refractivity contribution in [3.63, 3.8) is 0 Å². The predicted molar refractivity (Wildman–Crippen MR) is 211 cm³/mol. The van der Waals surface area contributed by atoms with Gasteiger partial charge in [-0.1, -0.05) is 31.9 Å². The van der Waals surface area contributed by atoms with E-state index in [4.69, 9.17) is 29.4 Å². The zero-order valence-electron chi connectivity index (χ0n) is 32.6. The number of imide groups is 1. The molecule has 20 nitrogen and oxygen atoms in total. The zero-order valence-corrected chi connectivity index (χ0v) is 33.5. The number of ether oxygens (including phenoxy) is 5. The molecule has 21 heteroatoms. The molecule has 1 aliphatic heterocycles. The highest BCUT2D eigenvalue weighted by molar-refractivity contribution is 7.85. The van der Waals surface area contributed by atoms with E-state index in [-0.39, 0.29) is 32.3 Å². The fraction of sp³-hybridized carbons (Fsp3) is 0.514. The average molecular weight is 833 g/mol. The fourth-order valence-electron chi connectivity index (χ4n) is 5.74. The Bertz CT molecular complexity index is 1970. The number of nitrogens with one attached hydrogen (secondary N) is 3. The van der Waals surface area contributed by atoms with Crippen LogP contribution in [0.2, 0.25) is 0 Å². The van der Waals surface area contributed by atoms with Gasteiger partial charge < -0.3 is 49.9 Å². The quantitative estimate of drug-likeness (QED) is 0.0382. The summed E-state index contributed by atoms with van der Waals surface area (Å²) in [5, 5.41) is 7.93. The van der Waals surface area contributed by atoms with E-state index in [1.165, 1.54) is 0 Å². The van der Waals surface area contributed by atoms with Crippen LogP contribution in [0, 0.1) is 0 Å². The molecule has 0 spiro atoms. The monoisotopic (exact) mass is 832 g/mol. The summed E-state index contributed by atoms with van der Waals surface area (Å²) in [5.74, 6) is -2.78. The van der Waals surface area contributed by atoms with Crippen molar-refractivity contribution in [1.82, 2.24) is 30.1 Å². The first-order valence-electron chi connectivity index (χ1n) is 18.8. The maximum Gasteiger partial charge on any atom is 0.267 e. The molecular formula is C37H52N8O12S. The Morgan fingerprint density at radius 3 is 2.24 bits per heavy atom. The first kappa shape index (κ1) is 45.5. The molecule has 0 fully saturated rings. The number of benzene rings is 1. The van der Waals surface area contributed by atoms with Crippen molar-refractivity contribution in [3.8, 4) is 5.75 Å². The summed E-state index contributed by atoms with van der Waals surface area (Å²) in [4.78, 5) is 57.5. The summed E-state index contributed by atoms with van der Waals surface area (Å²) in [7, 11) is -3.03. The Balaban J connectivity index is 1.06. The molecule has 3 heterocycles. The number of hydrogen-bond acceptors (Lipinski definition) is 15. The maximum absolute atomic E-state index is 12.5. The molecule has 1 aromatic carbocycles. The number of unbranched alkanes of at least 4 members (excludes halogenated alkanes) is 2. The van der Waals surface area contributed by atoms with Crippen LogP contribution in [0.25, 0.3) is 11.0 Å². The van der Waals surface area contributed by atoms with Gasteiger partial charge >= 0.3 is 0 Å². The standard InChI is InChI=1S/C37H52N8O12S/c1-3-4-5-11-39-35-34-28(42-37(38)43-35)10-13-44(34)22-27-7-6-26(21-30(27)53-2)24-57-20-19-56-18-17-55-16-15-54-14-12-40-36(49)29(25-58(50,51)52)41-31(46)23-45-32(47)8-9-33(45)48/h6-10,13,21,29H,3-5,11-12,14-20,22-25H2,1-2H3,(H,40,49)(H,41,46)(H,50,51,52)(H3,38,39,42,43)/t29-/m0/s1. The lowest BCUT2D eigenvalue weighted by Crippen LogP contribution is -2.53. The summed E-state index contributed by atoms with van der Waals surface area (Å²) < 4.78 is 62.0. The molecule has 58 heavy (non-hydrogen) atoms. The molecule has 0 aliphatic carbocycles. The molecule has 2 aromatic heterocycles. The molecule has 1 atom stereocenters. The van der Waals surface area contributed by atoms with E-state index in [1.807, 2.05) is 30.5 Å². The minimum atomic E-state index is -4.66. The van der Waals surface area contributed by atoms with E-state index in [0.717, 1.165) is 65.9 Å². The molecule has 4 amide bonds. The lowest BCUT2D eigenvalue weighted by atomic mass is 10.1. The molecule has 0 unspecified atom stereocenters. The number of aromatic nitrogens is 3. The van der Waals surface area contributed by atoms with Gasteiger partial charge in [-0.15, -0.1) is 0 Å². The van der Waals surface area contributed by atoms with Crippen molar-refractivity contribution >= 4 is 56.5 Å². The van der Waals surface area contributed by atoms with Crippen LogP contribution in [0.1, 0.15) is 37.3 Å². The third kappa shape index (κ3) is 15.0. The van der Waals surface area contributed by atoms with Gasteiger partial charge in [0.15, 0.2) is 5.82 Å². The van der Waals surface area contributed by atoms with Crippen molar-refractivity contribution in [2.75, 3.05) is 89.8 Å². The molecule has 0 bridgehead atoms. The number of anilines is 2. The minimum absolute atomic E-state index is 0.0417. The number of carbonyl (C=O) groups excluding carboxylic acids is 4. The Morgan fingerprint density at radius 1 is 0.914 bits per heavy atom.